The number of benzene rings is 3. The van der Waals surface area contributed by atoms with Crippen LogP contribution in [-0.2, 0) is 23.6 Å². The van der Waals surface area contributed by atoms with Crippen LogP contribution in [-0.4, -0.2) is 16.7 Å². The average molecular weight is 379 g/mol. The van der Waals surface area contributed by atoms with Crippen molar-refractivity contribution in [2.45, 2.75) is 25.7 Å². The summed E-state index contributed by atoms with van der Waals surface area (Å²) in [6, 6.07) is 21.6. The van der Waals surface area contributed by atoms with Gasteiger partial charge in [0.05, 0.1) is 12.5 Å². The molecule has 0 amide bonds. The second-order valence-corrected chi connectivity index (χ2v) is 8.31. The molecule has 1 heterocycles. The van der Waals surface area contributed by atoms with Gasteiger partial charge in [-0.25, -0.2) is 0 Å². The van der Waals surface area contributed by atoms with Crippen molar-refractivity contribution in [1.29, 1.82) is 0 Å². The highest BCUT2D eigenvalue weighted by Crippen LogP contribution is 2.33. The standard InChI is InChI=1S/C18H16.C4H4O.C2H6OS/c1-3-7-15-13(5-1)9-11-18-16-8-4-2-6-14(16)10-12-17(15)18;1-2-4-5-3-1;1-4(2)3/h1,3,5,7,9-12H,2,4,6,8H2;1-4H;1-2H3. The van der Waals surface area contributed by atoms with Crippen LogP contribution in [0.3, 0.4) is 0 Å². The molecule has 5 rings (SSSR count). The van der Waals surface area contributed by atoms with Crippen LogP contribution in [0.5, 0.6) is 0 Å². The first-order valence-electron chi connectivity index (χ1n) is 9.31. The summed E-state index contributed by atoms with van der Waals surface area (Å²) in [5, 5.41) is 5.64. The fourth-order valence-electron chi connectivity index (χ4n) is 3.57. The fourth-order valence-corrected chi connectivity index (χ4v) is 3.57. The Hall–Kier alpha value is -2.39. The minimum absolute atomic E-state index is 0.611. The van der Waals surface area contributed by atoms with E-state index in [2.05, 4.69) is 52.9 Å². The normalized spacial score (nSPS) is 12.7. The lowest BCUT2D eigenvalue weighted by Crippen LogP contribution is -2.02. The number of fused-ring (bicyclic) bond motifs is 5. The third-order valence-corrected chi connectivity index (χ3v) is 4.68. The summed E-state index contributed by atoms with van der Waals surface area (Å²) in [6.07, 6.45) is 11.7. The lowest BCUT2D eigenvalue weighted by Gasteiger charge is -2.18. The lowest BCUT2D eigenvalue weighted by molar-refractivity contribution is 0.567. The van der Waals surface area contributed by atoms with Gasteiger partial charge in [0.1, 0.15) is 0 Å². The average Bonchev–Trinajstić information content (AvgIpc) is 3.27. The van der Waals surface area contributed by atoms with Gasteiger partial charge in [-0.2, -0.15) is 0 Å². The van der Waals surface area contributed by atoms with Crippen LogP contribution in [0.4, 0.5) is 0 Å². The van der Waals surface area contributed by atoms with Crippen molar-refractivity contribution in [2.75, 3.05) is 12.5 Å². The molecule has 3 aromatic carbocycles. The highest BCUT2D eigenvalue weighted by atomic mass is 32.2. The van der Waals surface area contributed by atoms with Crippen LogP contribution in [0.25, 0.3) is 21.5 Å². The van der Waals surface area contributed by atoms with Crippen molar-refractivity contribution >= 4 is 32.3 Å². The van der Waals surface area contributed by atoms with E-state index in [1.54, 1.807) is 36.2 Å². The molecular formula is C24H26O2S. The Balaban J connectivity index is 0.000000195. The molecule has 0 fully saturated rings. The molecule has 0 spiro atoms. The molecule has 0 N–H and O–H groups in total. The molecule has 0 saturated carbocycles. The van der Waals surface area contributed by atoms with Crippen molar-refractivity contribution in [3.63, 3.8) is 0 Å². The zero-order chi connectivity index (χ0) is 19.1. The highest BCUT2D eigenvalue weighted by Gasteiger charge is 2.13. The highest BCUT2D eigenvalue weighted by molar-refractivity contribution is 7.83. The quantitative estimate of drug-likeness (QED) is 0.344. The number of hydrogen-bond donors (Lipinski definition) is 0. The molecule has 1 aliphatic carbocycles. The molecular weight excluding hydrogens is 352 g/mol. The van der Waals surface area contributed by atoms with Gasteiger partial charge in [-0.15, -0.1) is 0 Å². The molecule has 0 aliphatic heterocycles. The largest absolute Gasteiger partial charge is 0.473 e. The molecule has 0 unspecified atom stereocenters. The zero-order valence-corrected chi connectivity index (χ0v) is 16.8. The van der Waals surface area contributed by atoms with Gasteiger partial charge in [-0.05, 0) is 70.5 Å². The second kappa shape index (κ2) is 9.52. The minimum Gasteiger partial charge on any atom is -0.473 e. The maximum atomic E-state index is 9.56. The Morgan fingerprint density at radius 3 is 2.11 bits per heavy atom. The SMILES string of the molecule is CS(C)=O.c1ccc2c(c1)ccc1c3c(ccc12)CCCC3.c1ccoc1. The molecule has 27 heavy (non-hydrogen) atoms. The fraction of sp³-hybridized carbons (Fsp3) is 0.250. The molecule has 0 radical (unpaired) electrons. The van der Waals surface area contributed by atoms with Gasteiger partial charge >= 0.3 is 0 Å². The summed E-state index contributed by atoms with van der Waals surface area (Å²) >= 11 is 0. The number of hydrogen-bond acceptors (Lipinski definition) is 2. The van der Waals surface area contributed by atoms with Crippen molar-refractivity contribution in [2.24, 2.45) is 0 Å². The molecule has 2 nitrogen and oxygen atoms in total. The van der Waals surface area contributed by atoms with Gasteiger partial charge in [0.15, 0.2) is 0 Å². The number of aryl methyl sites for hydroxylation is 2. The summed E-state index contributed by atoms with van der Waals surface area (Å²) in [6.45, 7) is 0. The van der Waals surface area contributed by atoms with Gasteiger partial charge in [0.2, 0.25) is 0 Å². The Morgan fingerprint density at radius 1 is 0.741 bits per heavy atom. The smallest absolute Gasteiger partial charge is 0.0902 e. The van der Waals surface area contributed by atoms with Crippen LogP contribution >= 0.6 is 0 Å². The van der Waals surface area contributed by atoms with Crippen LogP contribution in [0, 0.1) is 0 Å². The molecule has 0 atom stereocenters. The van der Waals surface area contributed by atoms with Crippen molar-refractivity contribution in [1.82, 2.24) is 0 Å². The summed E-state index contributed by atoms with van der Waals surface area (Å²) in [5.74, 6) is 0. The van der Waals surface area contributed by atoms with Crippen molar-refractivity contribution in [3.8, 4) is 0 Å². The van der Waals surface area contributed by atoms with Crippen molar-refractivity contribution in [3.05, 3.63) is 84.3 Å². The summed E-state index contributed by atoms with van der Waals surface area (Å²) < 4.78 is 14.1. The predicted octanol–water partition coefficient (Wildman–Crippen LogP) is 6.15. The third kappa shape index (κ3) is 5.08. The molecule has 140 valence electrons. The van der Waals surface area contributed by atoms with E-state index in [1.807, 2.05) is 12.1 Å². The minimum atomic E-state index is -0.611. The number of rotatable bonds is 0. The predicted molar refractivity (Wildman–Crippen MR) is 117 cm³/mol. The van der Waals surface area contributed by atoms with E-state index >= 15 is 0 Å². The first kappa shape index (κ1) is 19.4. The maximum absolute atomic E-state index is 9.56. The van der Waals surface area contributed by atoms with Crippen LogP contribution < -0.4 is 0 Å². The third-order valence-electron chi connectivity index (χ3n) is 4.68. The second-order valence-electron chi connectivity index (χ2n) is 6.83. The molecule has 0 saturated heterocycles. The zero-order valence-electron chi connectivity index (χ0n) is 16.0. The van der Waals surface area contributed by atoms with E-state index in [0.717, 1.165) is 0 Å². The monoisotopic (exact) mass is 378 g/mol. The van der Waals surface area contributed by atoms with E-state index in [1.165, 1.54) is 47.2 Å². The molecule has 4 aromatic rings. The van der Waals surface area contributed by atoms with E-state index in [0.29, 0.717) is 0 Å². The first-order valence-corrected chi connectivity index (χ1v) is 11.3. The van der Waals surface area contributed by atoms with E-state index in [-0.39, 0.29) is 0 Å². The summed E-state index contributed by atoms with van der Waals surface area (Å²) in [7, 11) is -0.611. The van der Waals surface area contributed by atoms with Gasteiger partial charge in [0.25, 0.3) is 0 Å². The Morgan fingerprint density at radius 2 is 1.41 bits per heavy atom. The summed E-state index contributed by atoms with van der Waals surface area (Å²) in [4.78, 5) is 0. The number of furan rings is 1. The Bertz CT molecular complexity index is 998. The molecule has 1 aromatic heterocycles. The Kier molecular flexibility index (Phi) is 6.83. The molecule has 0 bridgehead atoms. The van der Waals surface area contributed by atoms with E-state index < -0.39 is 10.8 Å². The van der Waals surface area contributed by atoms with Crippen LogP contribution in [0.15, 0.2) is 77.6 Å². The van der Waals surface area contributed by atoms with Gasteiger partial charge in [-0.3, -0.25) is 4.21 Å². The van der Waals surface area contributed by atoms with Crippen LogP contribution in [0.1, 0.15) is 24.0 Å². The summed E-state index contributed by atoms with van der Waals surface area (Å²) in [5.41, 5.74) is 3.17. The molecule has 3 heteroatoms. The van der Waals surface area contributed by atoms with Gasteiger partial charge in [-0.1, -0.05) is 48.5 Å². The van der Waals surface area contributed by atoms with E-state index in [4.69, 9.17) is 0 Å². The van der Waals surface area contributed by atoms with Gasteiger partial charge in [0, 0.05) is 23.3 Å². The maximum Gasteiger partial charge on any atom is 0.0902 e. The van der Waals surface area contributed by atoms with Gasteiger partial charge < -0.3 is 4.42 Å². The first-order chi connectivity index (χ1) is 13.2. The topological polar surface area (TPSA) is 30.2 Å². The Labute approximate surface area is 163 Å². The van der Waals surface area contributed by atoms with E-state index in [9.17, 15) is 4.21 Å². The van der Waals surface area contributed by atoms with Crippen molar-refractivity contribution < 1.29 is 8.63 Å². The van der Waals surface area contributed by atoms with Crippen LogP contribution in [0.2, 0.25) is 0 Å². The molecule has 1 aliphatic rings. The lowest BCUT2D eigenvalue weighted by atomic mass is 9.86.